The van der Waals surface area contributed by atoms with Crippen molar-refractivity contribution >= 4 is 29.4 Å². The molecule has 2 saturated heterocycles. The molecular weight excluding hydrogens is 492 g/mol. The molecule has 38 heavy (non-hydrogen) atoms. The van der Waals surface area contributed by atoms with Gasteiger partial charge in [0.05, 0.1) is 45.0 Å². The fraction of sp³-hybridized carbons (Fsp3) is 0.429. The molecule has 0 aliphatic carbocycles. The highest BCUT2D eigenvalue weighted by molar-refractivity contribution is 6.27. The van der Waals surface area contributed by atoms with Gasteiger partial charge in [0, 0.05) is 12.6 Å². The average Bonchev–Trinajstić information content (AvgIpc) is 3.38. The van der Waals surface area contributed by atoms with Crippen molar-refractivity contribution in [3.63, 3.8) is 0 Å². The van der Waals surface area contributed by atoms with Crippen molar-refractivity contribution in [1.82, 2.24) is 4.90 Å². The van der Waals surface area contributed by atoms with Crippen LogP contribution in [0.4, 0.5) is 5.69 Å². The van der Waals surface area contributed by atoms with Crippen LogP contribution in [0, 0.1) is 11.8 Å². The van der Waals surface area contributed by atoms with Gasteiger partial charge >= 0.3 is 11.9 Å². The van der Waals surface area contributed by atoms with Crippen LogP contribution in [0.25, 0.3) is 0 Å². The van der Waals surface area contributed by atoms with Gasteiger partial charge in [-0.2, -0.15) is 0 Å². The third kappa shape index (κ3) is 3.43. The lowest BCUT2D eigenvalue weighted by atomic mass is 9.78. The Bertz CT molecular complexity index is 1280. The van der Waals surface area contributed by atoms with Gasteiger partial charge in [-0.05, 0) is 55.7 Å². The second kappa shape index (κ2) is 9.75. The molecule has 0 spiro atoms. The Labute approximate surface area is 220 Å². The molecule has 3 aliphatic heterocycles. The highest BCUT2D eigenvalue weighted by Crippen LogP contribution is 2.59. The molecule has 3 aliphatic rings. The van der Waals surface area contributed by atoms with Crippen molar-refractivity contribution in [2.45, 2.75) is 31.8 Å². The van der Waals surface area contributed by atoms with Crippen LogP contribution in [0.3, 0.4) is 0 Å². The monoisotopic (exact) mass is 522 g/mol. The molecule has 3 heterocycles. The first kappa shape index (κ1) is 25.7. The Balaban J connectivity index is 1.77. The number of esters is 2. The maximum Gasteiger partial charge on any atom is 0.339 e. The van der Waals surface area contributed by atoms with Crippen LogP contribution in [0.2, 0.25) is 0 Å². The zero-order chi connectivity index (χ0) is 27.2. The van der Waals surface area contributed by atoms with Crippen LogP contribution in [0.1, 0.15) is 31.0 Å². The molecule has 2 amide bonds. The molecule has 2 aromatic carbocycles. The first-order chi connectivity index (χ1) is 18.4. The number of carbonyl (C=O) groups excluding carboxylic acids is 4. The minimum absolute atomic E-state index is 0.0119. The SMILES string of the molecule is CCOC(=O)C1(C(=O)OCC)[C@H]2C(=O)N(c3ccccc3)C(=O)[C@H]2C2c3cc(OC)c(OC)cc3CCN21. The van der Waals surface area contributed by atoms with Gasteiger partial charge in [-0.3, -0.25) is 14.5 Å². The number of para-hydroxylation sites is 1. The summed E-state index contributed by atoms with van der Waals surface area (Å²) in [5.74, 6) is -4.32. The van der Waals surface area contributed by atoms with Crippen molar-refractivity contribution in [2.24, 2.45) is 11.8 Å². The zero-order valence-electron chi connectivity index (χ0n) is 21.8. The molecule has 0 aromatic heterocycles. The Morgan fingerprint density at radius 3 is 2.11 bits per heavy atom. The minimum Gasteiger partial charge on any atom is -0.493 e. The standard InChI is InChI=1S/C28H30N2O8/c1-5-37-26(33)28(27(34)38-6-2)22-21(24(31)30(25(22)32)17-10-8-7-9-11-17)23-18-15-20(36-4)19(35-3)14-16(18)12-13-29(23)28/h7-11,14-15,21-23H,5-6,12-13H2,1-4H3/t21-,22-,23?/m1/s1. The van der Waals surface area contributed by atoms with Crippen LogP contribution in [0.15, 0.2) is 42.5 Å². The molecule has 2 fully saturated rings. The van der Waals surface area contributed by atoms with Crippen molar-refractivity contribution in [2.75, 3.05) is 38.9 Å². The molecule has 0 saturated carbocycles. The van der Waals surface area contributed by atoms with Gasteiger partial charge in [0.1, 0.15) is 0 Å². The van der Waals surface area contributed by atoms with E-state index in [1.54, 1.807) is 55.1 Å². The number of benzene rings is 2. The summed E-state index contributed by atoms with van der Waals surface area (Å²) in [5, 5.41) is 0. The van der Waals surface area contributed by atoms with E-state index in [0.29, 0.717) is 29.2 Å². The van der Waals surface area contributed by atoms with Gasteiger partial charge in [-0.15, -0.1) is 0 Å². The van der Waals surface area contributed by atoms with Crippen molar-refractivity contribution in [3.8, 4) is 11.5 Å². The van der Waals surface area contributed by atoms with E-state index in [1.165, 1.54) is 14.2 Å². The summed E-state index contributed by atoms with van der Waals surface area (Å²) in [5.41, 5.74) is -0.184. The van der Waals surface area contributed by atoms with E-state index in [1.807, 2.05) is 6.07 Å². The van der Waals surface area contributed by atoms with Gasteiger partial charge in [-0.1, -0.05) is 18.2 Å². The molecule has 10 heteroatoms. The third-order valence-corrected chi connectivity index (χ3v) is 7.70. The summed E-state index contributed by atoms with van der Waals surface area (Å²) in [6.45, 7) is 3.45. The zero-order valence-corrected chi connectivity index (χ0v) is 21.8. The van der Waals surface area contributed by atoms with Gasteiger partial charge in [0.2, 0.25) is 17.4 Å². The number of nitrogens with zero attached hydrogens (tertiary/aromatic N) is 2. The van der Waals surface area contributed by atoms with Crippen molar-refractivity contribution in [3.05, 3.63) is 53.6 Å². The number of fused-ring (bicyclic) bond motifs is 5. The number of anilines is 1. The molecular formula is C28H30N2O8. The number of imide groups is 1. The Kier molecular flexibility index (Phi) is 6.60. The van der Waals surface area contributed by atoms with E-state index < -0.39 is 47.2 Å². The molecule has 5 rings (SSSR count). The predicted molar refractivity (Wildman–Crippen MR) is 135 cm³/mol. The highest BCUT2D eigenvalue weighted by Gasteiger charge is 2.77. The van der Waals surface area contributed by atoms with Gasteiger partial charge in [0.25, 0.3) is 0 Å². The number of rotatable bonds is 7. The van der Waals surface area contributed by atoms with E-state index in [-0.39, 0.29) is 19.8 Å². The van der Waals surface area contributed by atoms with Crippen LogP contribution < -0.4 is 14.4 Å². The molecule has 10 nitrogen and oxygen atoms in total. The van der Waals surface area contributed by atoms with Crippen LogP contribution in [0.5, 0.6) is 11.5 Å². The number of hydrogen-bond acceptors (Lipinski definition) is 9. The smallest absolute Gasteiger partial charge is 0.339 e. The molecule has 0 radical (unpaired) electrons. The van der Waals surface area contributed by atoms with Gasteiger partial charge in [-0.25, -0.2) is 14.5 Å². The second-order valence-corrected chi connectivity index (χ2v) is 9.35. The Morgan fingerprint density at radius 2 is 1.53 bits per heavy atom. The maximum absolute atomic E-state index is 14.1. The summed E-state index contributed by atoms with van der Waals surface area (Å²) in [6, 6.07) is 11.3. The van der Waals surface area contributed by atoms with Crippen LogP contribution in [-0.4, -0.2) is 68.2 Å². The normalized spacial score (nSPS) is 23.4. The fourth-order valence-electron chi connectivity index (χ4n) is 6.27. The van der Waals surface area contributed by atoms with E-state index in [9.17, 15) is 19.2 Å². The van der Waals surface area contributed by atoms with E-state index in [0.717, 1.165) is 10.5 Å². The summed E-state index contributed by atoms with van der Waals surface area (Å²) >= 11 is 0. The van der Waals surface area contributed by atoms with E-state index in [4.69, 9.17) is 18.9 Å². The van der Waals surface area contributed by atoms with Crippen molar-refractivity contribution < 1.29 is 38.1 Å². The summed E-state index contributed by atoms with van der Waals surface area (Å²) in [4.78, 5) is 58.6. The number of carbonyl (C=O) groups is 4. The molecule has 1 unspecified atom stereocenters. The maximum atomic E-state index is 14.1. The second-order valence-electron chi connectivity index (χ2n) is 9.35. The number of methoxy groups -OCH3 is 2. The van der Waals surface area contributed by atoms with E-state index >= 15 is 0 Å². The van der Waals surface area contributed by atoms with Crippen molar-refractivity contribution in [1.29, 1.82) is 0 Å². The lowest BCUT2D eigenvalue weighted by Gasteiger charge is -2.42. The summed E-state index contributed by atoms with van der Waals surface area (Å²) < 4.78 is 21.9. The highest BCUT2D eigenvalue weighted by atomic mass is 16.6. The largest absolute Gasteiger partial charge is 0.493 e. The Hall–Kier alpha value is -3.92. The fourth-order valence-corrected chi connectivity index (χ4v) is 6.27. The summed E-state index contributed by atoms with van der Waals surface area (Å²) in [7, 11) is 3.04. The first-order valence-electron chi connectivity index (χ1n) is 12.7. The molecule has 0 bridgehead atoms. The third-order valence-electron chi connectivity index (χ3n) is 7.70. The molecule has 200 valence electrons. The van der Waals surface area contributed by atoms with Gasteiger partial charge in [0.15, 0.2) is 11.5 Å². The lowest BCUT2D eigenvalue weighted by molar-refractivity contribution is -0.178. The topological polar surface area (TPSA) is 112 Å². The lowest BCUT2D eigenvalue weighted by Crippen LogP contribution is -2.64. The molecule has 0 N–H and O–H groups in total. The summed E-state index contributed by atoms with van der Waals surface area (Å²) in [6.07, 6.45) is 0.441. The van der Waals surface area contributed by atoms with Crippen LogP contribution >= 0.6 is 0 Å². The quantitative estimate of drug-likeness (QED) is 0.307. The molecule has 2 aromatic rings. The number of ether oxygens (including phenoxy) is 4. The minimum atomic E-state index is -2.12. The van der Waals surface area contributed by atoms with Crippen LogP contribution in [-0.2, 0) is 35.1 Å². The van der Waals surface area contributed by atoms with E-state index in [2.05, 4.69) is 0 Å². The average molecular weight is 523 g/mol. The Morgan fingerprint density at radius 1 is 0.921 bits per heavy atom. The predicted octanol–water partition coefficient (Wildman–Crippen LogP) is 2.29. The number of amides is 2. The first-order valence-corrected chi connectivity index (χ1v) is 12.7. The number of hydrogen-bond donors (Lipinski definition) is 0. The van der Waals surface area contributed by atoms with Gasteiger partial charge < -0.3 is 18.9 Å². The molecule has 3 atom stereocenters.